The predicted octanol–water partition coefficient (Wildman–Crippen LogP) is 1.49. The zero-order chi connectivity index (χ0) is 11.2. The fourth-order valence-corrected chi connectivity index (χ4v) is 2.80. The van der Waals surface area contributed by atoms with E-state index in [2.05, 4.69) is 17.3 Å². The second-order valence-corrected chi connectivity index (χ2v) is 5.38. The highest BCUT2D eigenvalue weighted by molar-refractivity contribution is 4.72. The van der Waals surface area contributed by atoms with Crippen LogP contribution in [0.4, 0.5) is 0 Å². The molecule has 0 radical (unpaired) electrons. The van der Waals surface area contributed by atoms with Crippen molar-refractivity contribution in [2.75, 3.05) is 39.8 Å². The molecular weight excluding hydrogens is 200 g/mol. The largest absolute Gasteiger partial charge is 0.377 e. The Balaban J connectivity index is 1.57. The van der Waals surface area contributed by atoms with E-state index in [0.29, 0.717) is 6.10 Å². The molecule has 0 aliphatic carbocycles. The zero-order valence-electron chi connectivity index (χ0n) is 10.6. The molecule has 3 nitrogen and oxygen atoms in total. The zero-order valence-corrected chi connectivity index (χ0v) is 10.6. The first-order chi connectivity index (χ1) is 7.84. The third-order valence-electron chi connectivity index (χ3n) is 3.92. The minimum absolute atomic E-state index is 0.512. The van der Waals surface area contributed by atoms with Crippen molar-refractivity contribution in [2.45, 2.75) is 38.2 Å². The van der Waals surface area contributed by atoms with Crippen LogP contribution in [0.3, 0.4) is 0 Å². The lowest BCUT2D eigenvalue weighted by Gasteiger charge is -2.26. The maximum atomic E-state index is 5.66. The fraction of sp³-hybridized carbons (Fsp3) is 1.00. The molecule has 2 heterocycles. The van der Waals surface area contributed by atoms with Crippen LogP contribution in [0.15, 0.2) is 0 Å². The Morgan fingerprint density at radius 2 is 2.06 bits per heavy atom. The van der Waals surface area contributed by atoms with E-state index in [0.717, 1.165) is 19.1 Å². The lowest BCUT2D eigenvalue weighted by molar-refractivity contribution is 0.0790. The van der Waals surface area contributed by atoms with Gasteiger partial charge in [0.2, 0.25) is 0 Å². The number of nitrogens with zero attached hydrogens (tertiary/aromatic N) is 1. The summed E-state index contributed by atoms with van der Waals surface area (Å²) in [7, 11) is 2.24. The molecule has 2 fully saturated rings. The first-order valence-corrected chi connectivity index (χ1v) is 6.85. The van der Waals surface area contributed by atoms with Crippen LogP contribution in [-0.2, 0) is 4.74 Å². The van der Waals surface area contributed by atoms with Crippen LogP contribution in [0.2, 0.25) is 0 Å². The van der Waals surface area contributed by atoms with Gasteiger partial charge in [-0.05, 0) is 64.7 Å². The van der Waals surface area contributed by atoms with E-state index in [1.807, 2.05) is 0 Å². The topological polar surface area (TPSA) is 24.5 Å². The molecule has 0 spiro atoms. The molecule has 16 heavy (non-hydrogen) atoms. The van der Waals surface area contributed by atoms with Gasteiger partial charge in [0.15, 0.2) is 0 Å². The molecule has 1 N–H and O–H groups in total. The van der Waals surface area contributed by atoms with Gasteiger partial charge in [0.1, 0.15) is 0 Å². The third-order valence-corrected chi connectivity index (χ3v) is 3.92. The Kier molecular flexibility index (Phi) is 5.07. The van der Waals surface area contributed by atoms with Gasteiger partial charge >= 0.3 is 0 Å². The summed E-state index contributed by atoms with van der Waals surface area (Å²) in [5.41, 5.74) is 0. The Morgan fingerprint density at radius 1 is 1.25 bits per heavy atom. The molecule has 0 bridgehead atoms. The van der Waals surface area contributed by atoms with E-state index >= 15 is 0 Å². The summed E-state index contributed by atoms with van der Waals surface area (Å²) in [6.45, 7) is 5.79. The lowest BCUT2D eigenvalue weighted by Crippen LogP contribution is -2.33. The quantitative estimate of drug-likeness (QED) is 0.768. The highest BCUT2D eigenvalue weighted by Crippen LogP contribution is 2.17. The second kappa shape index (κ2) is 6.58. The van der Waals surface area contributed by atoms with Crippen LogP contribution >= 0.6 is 0 Å². The van der Waals surface area contributed by atoms with Crippen molar-refractivity contribution in [1.82, 2.24) is 10.2 Å². The SMILES string of the molecule is CN(CCC1CCNCC1)CC1CCCO1. The van der Waals surface area contributed by atoms with Gasteiger partial charge < -0.3 is 15.0 Å². The van der Waals surface area contributed by atoms with Gasteiger partial charge in [-0.2, -0.15) is 0 Å². The van der Waals surface area contributed by atoms with E-state index in [1.54, 1.807) is 0 Å². The molecule has 2 saturated heterocycles. The molecule has 0 aromatic carbocycles. The molecule has 2 aliphatic rings. The predicted molar refractivity (Wildman–Crippen MR) is 66.7 cm³/mol. The number of rotatable bonds is 5. The standard InChI is InChI=1S/C13H26N2O/c1-15(11-13-3-2-10-16-13)9-6-12-4-7-14-8-5-12/h12-14H,2-11H2,1H3. The van der Waals surface area contributed by atoms with E-state index in [4.69, 9.17) is 4.74 Å². The van der Waals surface area contributed by atoms with E-state index in [9.17, 15) is 0 Å². The summed E-state index contributed by atoms with van der Waals surface area (Å²) < 4.78 is 5.66. The van der Waals surface area contributed by atoms with Gasteiger partial charge in [-0.1, -0.05) is 0 Å². The van der Waals surface area contributed by atoms with Crippen LogP contribution in [0, 0.1) is 5.92 Å². The maximum absolute atomic E-state index is 5.66. The number of likely N-dealkylation sites (N-methyl/N-ethyl adjacent to an activating group) is 1. The van der Waals surface area contributed by atoms with Crippen molar-refractivity contribution in [2.24, 2.45) is 5.92 Å². The Bertz CT molecular complexity index is 186. The number of hydrogen-bond donors (Lipinski definition) is 1. The van der Waals surface area contributed by atoms with E-state index < -0.39 is 0 Å². The number of hydrogen-bond acceptors (Lipinski definition) is 3. The second-order valence-electron chi connectivity index (χ2n) is 5.38. The van der Waals surface area contributed by atoms with Crippen molar-refractivity contribution in [3.63, 3.8) is 0 Å². The molecule has 94 valence electrons. The van der Waals surface area contributed by atoms with Crippen LogP contribution in [0.25, 0.3) is 0 Å². The number of ether oxygens (including phenoxy) is 1. The summed E-state index contributed by atoms with van der Waals surface area (Å²) in [5, 5.41) is 3.43. The van der Waals surface area contributed by atoms with E-state index in [-0.39, 0.29) is 0 Å². The minimum Gasteiger partial charge on any atom is -0.377 e. The monoisotopic (exact) mass is 226 g/mol. The fourth-order valence-electron chi connectivity index (χ4n) is 2.80. The Morgan fingerprint density at radius 3 is 2.75 bits per heavy atom. The van der Waals surface area contributed by atoms with Crippen LogP contribution < -0.4 is 5.32 Å². The van der Waals surface area contributed by atoms with Crippen molar-refractivity contribution in [3.8, 4) is 0 Å². The normalized spacial score (nSPS) is 27.8. The van der Waals surface area contributed by atoms with Crippen molar-refractivity contribution < 1.29 is 4.74 Å². The van der Waals surface area contributed by atoms with Crippen molar-refractivity contribution >= 4 is 0 Å². The molecule has 2 aliphatic heterocycles. The summed E-state index contributed by atoms with van der Waals surface area (Å²) in [6, 6.07) is 0. The summed E-state index contributed by atoms with van der Waals surface area (Å²) in [6.07, 6.45) is 7.13. The number of nitrogens with one attached hydrogen (secondary N) is 1. The highest BCUT2D eigenvalue weighted by Gasteiger charge is 2.18. The van der Waals surface area contributed by atoms with Crippen molar-refractivity contribution in [3.05, 3.63) is 0 Å². The van der Waals surface area contributed by atoms with Gasteiger partial charge in [-0.25, -0.2) is 0 Å². The summed E-state index contributed by atoms with van der Waals surface area (Å²) >= 11 is 0. The van der Waals surface area contributed by atoms with E-state index in [1.165, 1.54) is 51.7 Å². The maximum Gasteiger partial charge on any atom is 0.0702 e. The number of piperidine rings is 1. The molecule has 3 heteroatoms. The van der Waals surface area contributed by atoms with Gasteiger partial charge in [-0.3, -0.25) is 0 Å². The van der Waals surface area contributed by atoms with Crippen LogP contribution in [-0.4, -0.2) is 50.8 Å². The first-order valence-electron chi connectivity index (χ1n) is 6.85. The molecule has 1 atom stereocenters. The lowest BCUT2D eigenvalue weighted by atomic mass is 9.94. The Hall–Kier alpha value is -0.120. The van der Waals surface area contributed by atoms with Crippen LogP contribution in [0.1, 0.15) is 32.1 Å². The van der Waals surface area contributed by atoms with Gasteiger partial charge in [0.25, 0.3) is 0 Å². The average Bonchev–Trinajstić information content (AvgIpc) is 2.81. The highest BCUT2D eigenvalue weighted by atomic mass is 16.5. The molecule has 0 saturated carbocycles. The van der Waals surface area contributed by atoms with Crippen molar-refractivity contribution in [1.29, 1.82) is 0 Å². The first kappa shape index (κ1) is 12.3. The molecule has 2 rings (SSSR count). The van der Waals surface area contributed by atoms with Gasteiger partial charge in [0.05, 0.1) is 6.10 Å². The summed E-state index contributed by atoms with van der Waals surface area (Å²) in [5.74, 6) is 0.952. The van der Waals surface area contributed by atoms with Crippen LogP contribution in [0.5, 0.6) is 0 Å². The third kappa shape index (κ3) is 4.04. The molecular formula is C13H26N2O. The summed E-state index contributed by atoms with van der Waals surface area (Å²) in [4.78, 5) is 2.46. The van der Waals surface area contributed by atoms with Gasteiger partial charge in [-0.15, -0.1) is 0 Å². The smallest absolute Gasteiger partial charge is 0.0702 e. The molecule has 0 aromatic rings. The Labute approximate surface area is 99.5 Å². The molecule has 0 aromatic heterocycles. The molecule has 1 unspecified atom stereocenters. The molecule has 0 amide bonds. The minimum atomic E-state index is 0.512. The average molecular weight is 226 g/mol. The van der Waals surface area contributed by atoms with Gasteiger partial charge in [0, 0.05) is 13.2 Å².